The van der Waals surface area contributed by atoms with Gasteiger partial charge in [-0.1, -0.05) is 24.3 Å². The van der Waals surface area contributed by atoms with Crippen LogP contribution in [0.1, 0.15) is 58.8 Å². The van der Waals surface area contributed by atoms with E-state index in [1.807, 2.05) is 16.9 Å². The third kappa shape index (κ3) is 4.15. The van der Waals surface area contributed by atoms with Crippen molar-refractivity contribution in [3.8, 4) is 16.9 Å². The number of aromatic nitrogens is 2. The summed E-state index contributed by atoms with van der Waals surface area (Å²) in [5.41, 5.74) is 6.22. The molecule has 3 saturated heterocycles. The second kappa shape index (κ2) is 9.78. The fourth-order valence-electron chi connectivity index (χ4n) is 7.21. The number of nitrogens with one attached hydrogen (secondary N) is 1. The highest BCUT2D eigenvalue weighted by molar-refractivity contribution is 6.05. The summed E-state index contributed by atoms with van der Waals surface area (Å²) in [7, 11) is 0. The van der Waals surface area contributed by atoms with E-state index in [9.17, 15) is 14.4 Å². The minimum absolute atomic E-state index is 0.0619. The minimum atomic E-state index is -0.621. The highest BCUT2D eigenvalue weighted by Gasteiger charge is 2.47. The Morgan fingerprint density at radius 1 is 1.05 bits per heavy atom. The largest absolute Gasteiger partial charge is 0.492 e. The summed E-state index contributed by atoms with van der Waals surface area (Å²) in [6.45, 7) is 5.24. The smallest absolute Gasteiger partial charge is 0.255 e. The summed E-state index contributed by atoms with van der Waals surface area (Å²) in [6.07, 6.45) is 6.63. The van der Waals surface area contributed by atoms with Crippen molar-refractivity contribution in [1.82, 2.24) is 24.9 Å². The Bertz CT molecular complexity index is 1600. The number of imide groups is 1. The van der Waals surface area contributed by atoms with Crippen LogP contribution in [0.15, 0.2) is 48.8 Å². The van der Waals surface area contributed by atoms with Crippen molar-refractivity contribution >= 4 is 17.7 Å². The quantitative estimate of drug-likeness (QED) is 0.473. The van der Waals surface area contributed by atoms with E-state index >= 15 is 0 Å². The minimum Gasteiger partial charge on any atom is -0.492 e. The van der Waals surface area contributed by atoms with Crippen molar-refractivity contribution in [1.29, 1.82) is 0 Å². The number of nitrogens with zero attached hydrogens (tertiary/aromatic N) is 4. The maximum Gasteiger partial charge on any atom is 0.255 e. The number of rotatable bonds is 5. The Hall–Kier alpha value is -4.02. The first kappa shape index (κ1) is 25.7. The summed E-state index contributed by atoms with van der Waals surface area (Å²) in [5.74, 6) is -0.00459. The monoisotopic (exact) mass is 567 g/mol. The van der Waals surface area contributed by atoms with Crippen LogP contribution in [0.5, 0.6) is 5.75 Å². The van der Waals surface area contributed by atoms with Gasteiger partial charge in [-0.2, -0.15) is 5.10 Å². The highest BCUT2D eigenvalue weighted by atomic mass is 16.5. The van der Waals surface area contributed by atoms with E-state index in [1.165, 1.54) is 16.7 Å². The Kier molecular flexibility index (Phi) is 5.98. The molecule has 8 rings (SSSR count). The Morgan fingerprint density at radius 2 is 1.90 bits per heavy atom. The molecule has 1 spiro atoms. The molecule has 1 aromatic heterocycles. The van der Waals surface area contributed by atoms with Gasteiger partial charge in [0.05, 0.1) is 38.6 Å². The van der Waals surface area contributed by atoms with Crippen molar-refractivity contribution in [2.24, 2.45) is 0 Å². The number of benzene rings is 2. The molecule has 1 N–H and O–H groups in total. The van der Waals surface area contributed by atoms with Gasteiger partial charge in [-0.3, -0.25) is 29.3 Å². The molecule has 0 aliphatic carbocycles. The average Bonchev–Trinajstić information content (AvgIpc) is 3.67. The standard InChI is InChI=1S/C32H33N5O5/c38-28-7-6-27(30(39)34-28)36-16-25-24(31(36)40)4-5-26-29(25)42-19-32(26)8-10-35(11-9-32)14-20-2-1-3-21(12-20)22-13-33-37(15-22)23-17-41-18-23/h1-5,12-13,15,23,27H,6-11,14,16-19H2,(H,34,38,39)/t27-/m0/s1. The molecule has 6 heterocycles. The molecule has 3 amide bonds. The zero-order valence-corrected chi connectivity index (χ0v) is 23.4. The Balaban J connectivity index is 0.949. The predicted octanol–water partition coefficient (Wildman–Crippen LogP) is 2.81. The summed E-state index contributed by atoms with van der Waals surface area (Å²) < 4.78 is 13.7. The van der Waals surface area contributed by atoms with Crippen LogP contribution in [0.2, 0.25) is 0 Å². The lowest BCUT2D eigenvalue weighted by Gasteiger charge is -2.38. The first-order valence-electron chi connectivity index (χ1n) is 14.8. The van der Waals surface area contributed by atoms with Crippen molar-refractivity contribution in [3.63, 3.8) is 0 Å². The van der Waals surface area contributed by atoms with Gasteiger partial charge < -0.3 is 14.4 Å². The van der Waals surface area contributed by atoms with Crippen molar-refractivity contribution in [2.75, 3.05) is 32.9 Å². The van der Waals surface area contributed by atoms with Crippen molar-refractivity contribution in [3.05, 3.63) is 71.0 Å². The first-order chi connectivity index (χ1) is 20.5. The van der Waals surface area contributed by atoms with Gasteiger partial charge in [-0.05, 0) is 55.6 Å². The lowest BCUT2D eigenvalue weighted by molar-refractivity contribution is -0.136. The molecule has 3 fully saturated rings. The van der Waals surface area contributed by atoms with E-state index in [-0.39, 0.29) is 23.7 Å². The van der Waals surface area contributed by atoms with E-state index in [1.54, 1.807) is 4.90 Å². The molecule has 0 saturated carbocycles. The molecule has 2 aromatic carbocycles. The zero-order valence-electron chi connectivity index (χ0n) is 23.4. The number of amides is 3. The molecule has 10 nitrogen and oxygen atoms in total. The van der Waals surface area contributed by atoms with Crippen LogP contribution in [0.25, 0.3) is 11.1 Å². The SMILES string of the molecule is O=C1CC[C@H](N2Cc3c(ccc4c3OCC43CCN(Cc4cccc(-c5cnn(C6COC6)c5)c4)CC3)C2=O)C(=O)N1. The van der Waals surface area contributed by atoms with Crippen LogP contribution in [0.4, 0.5) is 0 Å². The van der Waals surface area contributed by atoms with Crippen LogP contribution in [-0.2, 0) is 32.8 Å². The number of piperidine rings is 2. The van der Waals surface area contributed by atoms with E-state index in [2.05, 4.69) is 51.8 Å². The average molecular weight is 568 g/mol. The van der Waals surface area contributed by atoms with Crippen LogP contribution in [0.3, 0.4) is 0 Å². The van der Waals surface area contributed by atoms with Crippen molar-refractivity contribution in [2.45, 2.75) is 56.3 Å². The first-order valence-corrected chi connectivity index (χ1v) is 14.8. The number of hydrogen-bond acceptors (Lipinski definition) is 7. The zero-order chi connectivity index (χ0) is 28.4. The van der Waals surface area contributed by atoms with E-state index < -0.39 is 11.9 Å². The molecule has 1 atom stereocenters. The second-order valence-corrected chi connectivity index (χ2v) is 12.3. The summed E-state index contributed by atoms with van der Waals surface area (Å²) >= 11 is 0. The molecule has 3 aromatic rings. The fourth-order valence-corrected chi connectivity index (χ4v) is 7.21. The highest BCUT2D eigenvalue weighted by Crippen LogP contribution is 2.49. The van der Waals surface area contributed by atoms with Gasteiger partial charge in [-0.25, -0.2) is 0 Å². The molecule has 216 valence electrons. The van der Waals surface area contributed by atoms with Crippen LogP contribution < -0.4 is 10.1 Å². The van der Waals surface area contributed by atoms with Crippen LogP contribution >= 0.6 is 0 Å². The third-order valence-corrected chi connectivity index (χ3v) is 9.81. The molecule has 5 aliphatic heterocycles. The summed E-state index contributed by atoms with van der Waals surface area (Å²) in [4.78, 5) is 41.5. The van der Waals surface area contributed by atoms with Gasteiger partial charge in [0.2, 0.25) is 11.8 Å². The molecule has 0 bridgehead atoms. The topological polar surface area (TPSA) is 106 Å². The van der Waals surface area contributed by atoms with E-state index in [0.29, 0.717) is 31.2 Å². The van der Waals surface area contributed by atoms with Gasteiger partial charge >= 0.3 is 0 Å². The predicted molar refractivity (Wildman–Crippen MR) is 152 cm³/mol. The van der Waals surface area contributed by atoms with Gasteiger partial charge in [0.25, 0.3) is 5.91 Å². The molecular weight excluding hydrogens is 534 g/mol. The molecule has 0 unspecified atom stereocenters. The number of likely N-dealkylation sites (tertiary alicyclic amines) is 1. The Labute approximate surface area is 243 Å². The summed E-state index contributed by atoms with van der Waals surface area (Å²) in [5, 5.41) is 6.92. The molecule has 42 heavy (non-hydrogen) atoms. The number of hydrogen-bond donors (Lipinski definition) is 1. The Morgan fingerprint density at radius 3 is 2.69 bits per heavy atom. The third-order valence-electron chi connectivity index (χ3n) is 9.81. The number of fused-ring (bicyclic) bond motifs is 4. The number of ether oxygens (including phenoxy) is 2. The van der Waals surface area contributed by atoms with E-state index in [4.69, 9.17) is 9.47 Å². The molecular formula is C32H33N5O5. The molecule has 10 heteroatoms. The van der Waals surface area contributed by atoms with Crippen molar-refractivity contribution < 1.29 is 23.9 Å². The lowest BCUT2D eigenvalue weighted by Crippen LogP contribution is -2.52. The lowest BCUT2D eigenvalue weighted by atomic mass is 9.74. The van der Waals surface area contributed by atoms with Gasteiger partial charge in [0.1, 0.15) is 11.8 Å². The van der Waals surface area contributed by atoms with Crippen LogP contribution in [0, 0.1) is 0 Å². The van der Waals surface area contributed by atoms with Gasteiger partial charge in [-0.15, -0.1) is 0 Å². The number of carbonyl (C=O) groups is 3. The van der Waals surface area contributed by atoms with Crippen LogP contribution in [-0.4, -0.2) is 76.3 Å². The maximum atomic E-state index is 13.3. The van der Waals surface area contributed by atoms with Gasteiger partial charge in [0, 0.05) is 46.8 Å². The maximum absolute atomic E-state index is 13.3. The fraction of sp³-hybridized carbons (Fsp3) is 0.438. The second-order valence-electron chi connectivity index (χ2n) is 12.3. The molecule has 0 radical (unpaired) electrons. The van der Waals surface area contributed by atoms with E-state index in [0.717, 1.165) is 62.6 Å². The number of carbonyl (C=O) groups excluding carboxylic acids is 3. The van der Waals surface area contributed by atoms with Gasteiger partial charge in [0.15, 0.2) is 0 Å². The molecule has 5 aliphatic rings. The summed E-state index contributed by atoms with van der Waals surface area (Å²) in [6, 6.07) is 12.4. The normalized spacial score (nSPS) is 23.5.